The monoisotopic (exact) mass is 303 g/mol. The molecule has 2 aromatic carbocycles. The predicted octanol–water partition coefficient (Wildman–Crippen LogP) is 2.77. The maximum absolute atomic E-state index is 12.0. The third-order valence-corrected chi connectivity index (χ3v) is 4.76. The van der Waals surface area contributed by atoms with Gasteiger partial charge in [0.1, 0.15) is 0 Å². The fourth-order valence-electron chi connectivity index (χ4n) is 2.22. The SMILES string of the molecule is CCNS(=O)(=O)c1ccc(-c2ccccc2C=O)c(C)c1. The van der Waals surface area contributed by atoms with Gasteiger partial charge in [0.15, 0.2) is 6.29 Å². The van der Waals surface area contributed by atoms with E-state index in [0.29, 0.717) is 12.1 Å². The number of hydrogen-bond donors (Lipinski definition) is 1. The number of benzene rings is 2. The highest BCUT2D eigenvalue weighted by Gasteiger charge is 2.15. The molecule has 0 aliphatic heterocycles. The van der Waals surface area contributed by atoms with Crippen LogP contribution < -0.4 is 4.72 Å². The number of sulfonamides is 1. The zero-order valence-electron chi connectivity index (χ0n) is 12.0. The first kappa shape index (κ1) is 15.4. The molecule has 0 saturated heterocycles. The van der Waals surface area contributed by atoms with Crippen LogP contribution in [0.5, 0.6) is 0 Å². The molecule has 5 heteroatoms. The number of carbonyl (C=O) groups is 1. The summed E-state index contributed by atoms with van der Waals surface area (Å²) in [4.78, 5) is 11.3. The number of rotatable bonds is 5. The molecule has 2 aromatic rings. The van der Waals surface area contributed by atoms with Gasteiger partial charge >= 0.3 is 0 Å². The van der Waals surface area contributed by atoms with Gasteiger partial charge < -0.3 is 0 Å². The van der Waals surface area contributed by atoms with Gasteiger partial charge in [-0.2, -0.15) is 0 Å². The minimum atomic E-state index is -3.47. The van der Waals surface area contributed by atoms with Crippen molar-refractivity contribution < 1.29 is 13.2 Å². The topological polar surface area (TPSA) is 63.2 Å². The Hall–Kier alpha value is -1.98. The third kappa shape index (κ3) is 3.20. The lowest BCUT2D eigenvalue weighted by molar-refractivity contribution is 0.112. The van der Waals surface area contributed by atoms with Crippen molar-refractivity contribution in [2.45, 2.75) is 18.7 Å². The zero-order chi connectivity index (χ0) is 15.5. The number of aryl methyl sites for hydroxylation is 1. The van der Waals surface area contributed by atoms with Crippen molar-refractivity contribution in [3.63, 3.8) is 0 Å². The second-order valence-corrected chi connectivity index (χ2v) is 6.45. The fourth-order valence-corrected chi connectivity index (χ4v) is 3.35. The van der Waals surface area contributed by atoms with Crippen LogP contribution >= 0.6 is 0 Å². The molecule has 0 spiro atoms. The maximum atomic E-state index is 12.0. The van der Waals surface area contributed by atoms with Gasteiger partial charge in [-0.1, -0.05) is 37.3 Å². The Morgan fingerprint density at radius 1 is 1.10 bits per heavy atom. The van der Waals surface area contributed by atoms with E-state index in [1.165, 1.54) is 0 Å². The molecule has 0 atom stereocenters. The van der Waals surface area contributed by atoms with E-state index < -0.39 is 10.0 Å². The quantitative estimate of drug-likeness (QED) is 0.864. The maximum Gasteiger partial charge on any atom is 0.240 e. The van der Waals surface area contributed by atoms with Gasteiger partial charge in [-0.15, -0.1) is 0 Å². The first-order chi connectivity index (χ1) is 9.99. The van der Waals surface area contributed by atoms with Crippen molar-refractivity contribution in [3.8, 4) is 11.1 Å². The molecular formula is C16H17NO3S. The summed E-state index contributed by atoms with van der Waals surface area (Å²) in [6.07, 6.45) is 0.804. The van der Waals surface area contributed by atoms with Gasteiger partial charge in [-0.3, -0.25) is 4.79 Å². The van der Waals surface area contributed by atoms with Crippen molar-refractivity contribution in [1.29, 1.82) is 0 Å². The van der Waals surface area contributed by atoms with E-state index in [4.69, 9.17) is 0 Å². The van der Waals surface area contributed by atoms with Gasteiger partial charge in [0, 0.05) is 12.1 Å². The molecular weight excluding hydrogens is 286 g/mol. The Bertz CT molecular complexity index is 767. The first-order valence-electron chi connectivity index (χ1n) is 6.64. The number of aldehydes is 1. The van der Waals surface area contributed by atoms with Crippen LogP contribution in [-0.4, -0.2) is 21.2 Å². The Morgan fingerprint density at radius 2 is 1.81 bits per heavy atom. The standard InChI is InChI=1S/C16H17NO3S/c1-3-17-21(19,20)14-8-9-15(12(2)10-14)16-7-5-4-6-13(16)11-18/h4-11,17H,3H2,1-2H3. The van der Waals surface area contributed by atoms with Gasteiger partial charge in [0.2, 0.25) is 10.0 Å². The van der Waals surface area contributed by atoms with Crippen molar-refractivity contribution >= 4 is 16.3 Å². The lowest BCUT2D eigenvalue weighted by Crippen LogP contribution is -2.23. The van der Waals surface area contributed by atoms with Crippen LogP contribution in [-0.2, 0) is 10.0 Å². The van der Waals surface area contributed by atoms with Crippen molar-refractivity contribution in [2.24, 2.45) is 0 Å². The van der Waals surface area contributed by atoms with Crippen LogP contribution in [0.4, 0.5) is 0 Å². The second-order valence-electron chi connectivity index (χ2n) is 4.68. The molecule has 0 amide bonds. The predicted molar refractivity (Wildman–Crippen MR) is 82.9 cm³/mol. The van der Waals surface area contributed by atoms with E-state index in [0.717, 1.165) is 23.0 Å². The molecule has 1 N–H and O–H groups in total. The van der Waals surface area contributed by atoms with Crippen LogP contribution in [0.25, 0.3) is 11.1 Å². The second kappa shape index (κ2) is 6.20. The Morgan fingerprint density at radius 3 is 2.43 bits per heavy atom. The molecule has 0 saturated carbocycles. The summed E-state index contributed by atoms with van der Waals surface area (Å²) in [6, 6.07) is 12.2. The molecule has 0 radical (unpaired) electrons. The minimum absolute atomic E-state index is 0.231. The molecule has 21 heavy (non-hydrogen) atoms. The lowest BCUT2D eigenvalue weighted by atomic mass is 9.97. The largest absolute Gasteiger partial charge is 0.298 e. The van der Waals surface area contributed by atoms with Crippen molar-refractivity contribution in [1.82, 2.24) is 4.72 Å². The van der Waals surface area contributed by atoms with Crippen LogP contribution in [0.2, 0.25) is 0 Å². The molecule has 4 nitrogen and oxygen atoms in total. The summed E-state index contributed by atoms with van der Waals surface area (Å²) in [5.74, 6) is 0. The van der Waals surface area contributed by atoms with E-state index in [1.54, 1.807) is 37.3 Å². The van der Waals surface area contributed by atoms with Crippen LogP contribution in [0.3, 0.4) is 0 Å². The Labute approximate surface area is 124 Å². The molecule has 0 unspecified atom stereocenters. The summed E-state index contributed by atoms with van der Waals surface area (Å²) in [5.41, 5.74) is 3.05. The minimum Gasteiger partial charge on any atom is -0.298 e. The molecule has 0 fully saturated rings. The average Bonchev–Trinajstić information content (AvgIpc) is 2.47. The van der Waals surface area contributed by atoms with E-state index in [9.17, 15) is 13.2 Å². The van der Waals surface area contributed by atoms with Crippen molar-refractivity contribution in [2.75, 3.05) is 6.54 Å². The highest BCUT2D eigenvalue weighted by atomic mass is 32.2. The number of nitrogens with one attached hydrogen (secondary N) is 1. The third-order valence-electron chi connectivity index (χ3n) is 3.22. The highest BCUT2D eigenvalue weighted by Crippen LogP contribution is 2.27. The first-order valence-corrected chi connectivity index (χ1v) is 8.13. The normalized spacial score (nSPS) is 11.3. The van der Waals surface area contributed by atoms with E-state index in [1.807, 2.05) is 19.1 Å². The smallest absolute Gasteiger partial charge is 0.240 e. The van der Waals surface area contributed by atoms with Gasteiger partial charge in [0.05, 0.1) is 4.90 Å². The Balaban J connectivity index is 2.52. The summed E-state index contributed by atoms with van der Waals surface area (Å²) < 4.78 is 26.4. The number of carbonyl (C=O) groups excluding carboxylic acids is 1. The van der Waals surface area contributed by atoms with Gasteiger partial charge in [-0.05, 0) is 35.7 Å². The van der Waals surface area contributed by atoms with Crippen LogP contribution in [0.15, 0.2) is 47.4 Å². The molecule has 0 aliphatic carbocycles. The fraction of sp³-hybridized carbons (Fsp3) is 0.188. The van der Waals surface area contributed by atoms with Crippen LogP contribution in [0.1, 0.15) is 22.8 Å². The molecule has 0 bridgehead atoms. The molecule has 2 rings (SSSR count). The Kier molecular flexibility index (Phi) is 4.55. The molecule has 110 valence electrons. The van der Waals surface area contributed by atoms with E-state index in [-0.39, 0.29) is 4.90 Å². The summed E-state index contributed by atoms with van der Waals surface area (Å²) in [5, 5.41) is 0. The molecule has 0 heterocycles. The summed E-state index contributed by atoms with van der Waals surface area (Å²) in [6.45, 7) is 3.91. The van der Waals surface area contributed by atoms with E-state index in [2.05, 4.69) is 4.72 Å². The van der Waals surface area contributed by atoms with Crippen molar-refractivity contribution in [3.05, 3.63) is 53.6 Å². The average molecular weight is 303 g/mol. The summed E-state index contributed by atoms with van der Waals surface area (Å²) >= 11 is 0. The van der Waals surface area contributed by atoms with Gasteiger partial charge in [0.25, 0.3) is 0 Å². The zero-order valence-corrected chi connectivity index (χ0v) is 12.8. The highest BCUT2D eigenvalue weighted by molar-refractivity contribution is 7.89. The molecule has 0 aliphatic rings. The van der Waals surface area contributed by atoms with E-state index >= 15 is 0 Å². The number of hydrogen-bond acceptors (Lipinski definition) is 3. The lowest BCUT2D eigenvalue weighted by Gasteiger charge is -2.11. The van der Waals surface area contributed by atoms with Crippen LogP contribution in [0, 0.1) is 6.92 Å². The van der Waals surface area contributed by atoms with Gasteiger partial charge in [-0.25, -0.2) is 13.1 Å². The molecule has 0 aromatic heterocycles. The summed E-state index contributed by atoms with van der Waals surface area (Å²) in [7, 11) is -3.47.